The molecule has 2 aliphatic rings. The van der Waals surface area contributed by atoms with Crippen LogP contribution in [-0.4, -0.2) is 60.4 Å². The molecule has 1 aliphatic carbocycles. The summed E-state index contributed by atoms with van der Waals surface area (Å²) < 4.78 is 16.1. The third-order valence-corrected chi connectivity index (χ3v) is 6.58. The van der Waals surface area contributed by atoms with E-state index in [4.69, 9.17) is 13.9 Å². The van der Waals surface area contributed by atoms with Gasteiger partial charge < -0.3 is 23.9 Å². The molecule has 180 valence electrons. The normalized spacial score (nSPS) is 18.7. The second kappa shape index (κ2) is 9.27. The molecule has 2 atom stereocenters. The first-order chi connectivity index (χ1) is 17.0. The number of carboxylic acids is 1. The second-order valence-electron chi connectivity index (χ2n) is 8.52. The Bertz CT molecular complexity index is 1240. The van der Waals surface area contributed by atoms with Crippen LogP contribution in [0.3, 0.4) is 0 Å². The highest BCUT2D eigenvalue weighted by atomic mass is 16.5. The number of fused-ring (bicyclic) bond motifs is 3. The van der Waals surface area contributed by atoms with Crippen LogP contribution in [0.1, 0.15) is 34.0 Å². The number of nitrogens with one attached hydrogen (secondary N) is 1. The molecule has 2 amide bonds. The highest BCUT2D eigenvalue weighted by molar-refractivity contribution is 6.02. The number of hydrogen-bond acceptors (Lipinski definition) is 6. The van der Waals surface area contributed by atoms with Crippen LogP contribution >= 0.6 is 0 Å². The summed E-state index contributed by atoms with van der Waals surface area (Å²) in [6, 6.07) is 16.4. The van der Waals surface area contributed by atoms with Gasteiger partial charge >= 0.3 is 12.1 Å². The van der Waals surface area contributed by atoms with Crippen LogP contribution in [0.4, 0.5) is 10.5 Å². The number of benzene rings is 2. The van der Waals surface area contributed by atoms with E-state index < -0.39 is 30.1 Å². The van der Waals surface area contributed by atoms with Gasteiger partial charge in [-0.1, -0.05) is 48.5 Å². The van der Waals surface area contributed by atoms with E-state index in [1.165, 1.54) is 24.3 Å². The van der Waals surface area contributed by atoms with Crippen LogP contribution in [0.25, 0.3) is 11.1 Å². The van der Waals surface area contributed by atoms with Crippen LogP contribution in [0.5, 0.6) is 0 Å². The first kappa shape index (κ1) is 22.7. The molecule has 3 aromatic rings. The highest BCUT2D eigenvalue weighted by Crippen LogP contribution is 2.44. The summed E-state index contributed by atoms with van der Waals surface area (Å²) in [7, 11) is 1.47. The summed E-state index contributed by atoms with van der Waals surface area (Å²) in [6.45, 7) is 0.223. The monoisotopic (exact) mass is 476 g/mol. The van der Waals surface area contributed by atoms with E-state index >= 15 is 0 Å². The second-order valence-corrected chi connectivity index (χ2v) is 8.52. The van der Waals surface area contributed by atoms with Crippen LogP contribution in [0.2, 0.25) is 0 Å². The average Bonchev–Trinajstić information content (AvgIpc) is 3.58. The van der Waals surface area contributed by atoms with Crippen molar-refractivity contribution in [1.82, 2.24) is 4.90 Å². The number of anilines is 1. The van der Waals surface area contributed by atoms with Gasteiger partial charge in [0.15, 0.2) is 0 Å². The van der Waals surface area contributed by atoms with Crippen LogP contribution in [-0.2, 0) is 14.3 Å². The Morgan fingerprint density at radius 1 is 1.06 bits per heavy atom. The number of aliphatic carboxylic acids is 1. The van der Waals surface area contributed by atoms with E-state index in [1.807, 2.05) is 36.4 Å². The number of carboxylic acid groups (broad SMARTS) is 1. The van der Waals surface area contributed by atoms with E-state index in [9.17, 15) is 19.5 Å². The number of nitrogens with zero attached hydrogens (tertiary/aromatic N) is 1. The Kier molecular flexibility index (Phi) is 6.00. The molecule has 0 spiro atoms. The lowest BCUT2D eigenvalue weighted by molar-refractivity contribution is -0.141. The standard InChI is InChI=1S/C26H24N2O7/c1-33-15-12-22(25(30)31)28(13-15)24(29)23-21(10-11-34-23)27-26(32)35-14-20-18-8-4-2-6-16(18)17-7-3-5-9-19(17)20/h2-11,15,20,22H,12-14H2,1H3,(H,27,32)(H,30,31). The predicted octanol–water partition coefficient (Wildman–Crippen LogP) is 3.95. The summed E-state index contributed by atoms with van der Waals surface area (Å²) in [6.07, 6.45) is 0.293. The highest BCUT2D eigenvalue weighted by Gasteiger charge is 2.41. The number of carbonyl (C=O) groups is 3. The van der Waals surface area contributed by atoms with Crippen LogP contribution in [0, 0.1) is 0 Å². The Morgan fingerprint density at radius 3 is 2.34 bits per heavy atom. The third-order valence-electron chi connectivity index (χ3n) is 6.58. The van der Waals surface area contributed by atoms with Crippen molar-refractivity contribution >= 4 is 23.7 Å². The van der Waals surface area contributed by atoms with Crippen LogP contribution in [0.15, 0.2) is 65.3 Å². The van der Waals surface area contributed by atoms with Crippen molar-refractivity contribution in [2.45, 2.75) is 24.5 Å². The lowest BCUT2D eigenvalue weighted by atomic mass is 9.98. The zero-order valence-electron chi connectivity index (χ0n) is 19.0. The molecule has 1 aliphatic heterocycles. The van der Waals surface area contributed by atoms with Gasteiger partial charge in [-0.05, 0) is 22.3 Å². The summed E-state index contributed by atoms with van der Waals surface area (Å²) in [5, 5.41) is 12.1. The molecule has 1 fully saturated rings. The van der Waals surface area contributed by atoms with Gasteiger partial charge in [0, 0.05) is 32.1 Å². The lowest BCUT2D eigenvalue weighted by Crippen LogP contribution is -2.40. The Balaban J connectivity index is 1.28. The molecule has 1 aromatic heterocycles. The number of amides is 2. The molecule has 9 nitrogen and oxygen atoms in total. The summed E-state index contributed by atoms with van der Waals surface area (Å²) in [5.74, 6) is -2.04. The van der Waals surface area contributed by atoms with Gasteiger partial charge in [-0.15, -0.1) is 0 Å². The van der Waals surface area contributed by atoms with Gasteiger partial charge in [-0.2, -0.15) is 0 Å². The van der Waals surface area contributed by atoms with Gasteiger partial charge in [-0.25, -0.2) is 9.59 Å². The predicted molar refractivity (Wildman–Crippen MR) is 125 cm³/mol. The van der Waals surface area contributed by atoms with E-state index in [1.54, 1.807) is 0 Å². The topological polar surface area (TPSA) is 118 Å². The minimum absolute atomic E-state index is 0.106. The van der Waals surface area contributed by atoms with Crippen molar-refractivity contribution in [3.05, 3.63) is 77.7 Å². The average molecular weight is 476 g/mol. The van der Waals surface area contributed by atoms with Crippen molar-refractivity contribution in [2.75, 3.05) is 25.6 Å². The van der Waals surface area contributed by atoms with Crippen molar-refractivity contribution in [3.8, 4) is 11.1 Å². The number of methoxy groups -OCH3 is 1. The molecule has 2 N–H and O–H groups in total. The maximum atomic E-state index is 13.0. The molecule has 0 radical (unpaired) electrons. The number of carbonyl (C=O) groups excluding carboxylic acids is 2. The van der Waals surface area contributed by atoms with Gasteiger partial charge in [-0.3, -0.25) is 10.1 Å². The molecule has 1 saturated heterocycles. The largest absolute Gasteiger partial charge is 0.480 e. The van der Waals surface area contributed by atoms with Crippen molar-refractivity contribution in [3.63, 3.8) is 0 Å². The summed E-state index contributed by atoms with van der Waals surface area (Å²) in [4.78, 5) is 38.5. The quantitative estimate of drug-likeness (QED) is 0.553. The Hall–Kier alpha value is -4.11. The van der Waals surface area contributed by atoms with Crippen LogP contribution < -0.4 is 5.32 Å². The van der Waals surface area contributed by atoms with E-state index in [0.717, 1.165) is 22.3 Å². The zero-order chi connectivity index (χ0) is 24.5. The SMILES string of the molecule is COC1CC(C(=O)O)N(C(=O)c2occc2NC(=O)OCC2c3ccccc3-c3ccccc32)C1. The molecule has 2 aromatic carbocycles. The molecule has 2 heterocycles. The molecule has 2 unspecified atom stereocenters. The molecule has 0 saturated carbocycles. The minimum Gasteiger partial charge on any atom is -0.480 e. The Morgan fingerprint density at radius 2 is 1.71 bits per heavy atom. The summed E-state index contributed by atoms with van der Waals surface area (Å²) in [5.41, 5.74) is 4.52. The molecule has 0 bridgehead atoms. The van der Waals surface area contributed by atoms with Gasteiger partial charge in [0.2, 0.25) is 5.76 Å². The number of likely N-dealkylation sites (tertiary alicyclic amines) is 1. The van der Waals surface area contributed by atoms with Gasteiger partial charge in [0.1, 0.15) is 12.6 Å². The van der Waals surface area contributed by atoms with Gasteiger partial charge in [0.05, 0.1) is 18.1 Å². The van der Waals surface area contributed by atoms with E-state index in [-0.39, 0.29) is 36.9 Å². The van der Waals surface area contributed by atoms with Crippen molar-refractivity contribution in [2.24, 2.45) is 0 Å². The maximum absolute atomic E-state index is 13.0. The number of ether oxygens (including phenoxy) is 2. The van der Waals surface area contributed by atoms with Crippen molar-refractivity contribution in [1.29, 1.82) is 0 Å². The van der Waals surface area contributed by atoms with Crippen molar-refractivity contribution < 1.29 is 33.4 Å². The number of hydrogen-bond donors (Lipinski definition) is 2. The van der Waals surface area contributed by atoms with E-state index in [0.29, 0.717) is 0 Å². The third kappa shape index (κ3) is 4.15. The fourth-order valence-corrected chi connectivity index (χ4v) is 4.87. The smallest absolute Gasteiger partial charge is 0.411 e. The number of rotatable bonds is 6. The van der Waals surface area contributed by atoms with Gasteiger partial charge in [0.25, 0.3) is 5.91 Å². The fraction of sp³-hybridized carbons (Fsp3) is 0.269. The van der Waals surface area contributed by atoms with E-state index in [2.05, 4.69) is 17.4 Å². The molecular formula is C26H24N2O7. The fourth-order valence-electron chi connectivity index (χ4n) is 4.87. The first-order valence-corrected chi connectivity index (χ1v) is 11.2. The minimum atomic E-state index is -1.13. The first-order valence-electron chi connectivity index (χ1n) is 11.2. The summed E-state index contributed by atoms with van der Waals surface area (Å²) >= 11 is 0. The lowest BCUT2D eigenvalue weighted by Gasteiger charge is -2.20. The molecular weight excluding hydrogens is 452 g/mol. The zero-order valence-corrected chi connectivity index (χ0v) is 19.0. The molecule has 35 heavy (non-hydrogen) atoms. The maximum Gasteiger partial charge on any atom is 0.411 e. The Labute approximate surface area is 201 Å². The molecule has 5 rings (SSSR count). The molecule has 9 heteroatoms. The number of furan rings is 1.